The van der Waals surface area contributed by atoms with Gasteiger partial charge >= 0.3 is 0 Å². The molecule has 0 spiro atoms. The Balaban J connectivity index is 1.59. The van der Waals surface area contributed by atoms with Crippen LogP contribution < -0.4 is 10.9 Å². The summed E-state index contributed by atoms with van der Waals surface area (Å²) in [5.41, 5.74) is 4.33. The maximum absolute atomic E-state index is 12.5. The maximum atomic E-state index is 12.5. The zero-order chi connectivity index (χ0) is 18.8. The molecule has 4 heteroatoms. The summed E-state index contributed by atoms with van der Waals surface area (Å²) < 4.78 is 0. The van der Waals surface area contributed by atoms with Gasteiger partial charge in [0.25, 0.3) is 5.56 Å². The maximum Gasteiger partial charge on any atom is 0.256 e. The van der Waals surface area contributed by atoms with Crippen LogP contribution in [-0.2, 0) is 6.54 Å². The number of aromatic nitrogens is 1. The SMILES string of the molecule is CCN(Cc1ccc(-c2cc3c(C)cccc3c(=O)[nH]2)cc1)C1CCNC1. The van der Waals surface area contributed by atoms with Crippen molar-refractivity contribution in [1.82, 2.24) is 15.2 Å². The average molecular weight is 361 g/mol. The molecule has 1 aliphatic heterocycles. The van der Waals surface area contributed by atoms with Crippen LogP contribution in [0.3, 0.4) is 0 Å². The highest BCUT2D eigenvalue weighted by atomic mass is 16.1. The van der Waals surface area contributed by atoms with Crippen LogP contribution in [0.4, 0.5) is 0 Å². The molecule has 1 saturated heterocycles. The number of nitrogens with one attached hydrogen (secondary N) is 2. The second-order valence-corrected chi connectivity index (χ2v) is 7.45. The van der Waals surface area contributed by atoms with Crippen molar-refractivity contribution in [2.24, 2.45) is 0 Å². The normalized spacial score (nSPS) is 17.1. The summed E-state index contributed by atoms with van der Waals surface area (Å²) >= 11 is 0. The number of aromatic amines is 1. The van der Waals surface area contributed by atoms with E-state index >= 15 is 0 Å². The molecule has 0 saturated carbocycles. The number of aryl methyl sites for hydroxylation is 1. The number of rotatable bonds is 5. The Labute approximate surface area is 160 Å². The van der Waals surface area contributed by atoms with E-state index in [-0.39, 0.29) is 5.56 Å². The Morgan fingerprint density at radius 1 is 1.11 bits per heavy atom. The quantitative estimate of drug-likeness (QED) is 0.729. The number of nitrogens with zero attached hydrogens (tertiary/aromatic N) is 1. The first-order valence-corrected chi connectivity index (χ1v) is 9.82. The number of hydrogen-bond donors (Lipinski definition) is 2. The molecule has 4 rings (SSSR count). The van der Waals surface area contributed by atoms with Crippen LogP contribution in [-0.4, -0.2) is 35.6 Å². The van der Waals surface area contributed by atoms with E-state index in [0.29, 0.717) is 6.04 Å². The van der Waals surface area contributed by atoms with Crippen molar-refractivity contribution in [2.75, 3.05) is 19.6 Å². The van der Waals surface area contributed by atoms with E-state index in [1.165, 1.54) is 12.0 Å². The molecule has 0 bridgehead atoms. The van der Waals surface area contributed by atoms with Crippen LogP contribution in [0.1, 0.15) is 24.5 Å². The number of hydrogen-bond acceptors (Lipinski definition) is 3. The molecular formula is C23H27N3O. The highest BCUT2D eigenvalue weighted by Crippen LogP contribution is 2.23. The number of fused-ring (bicyclic) bond motifs is 1. The summed E-state index contributed by atoms with van der Waals surface area (Å²) in [5.74, 6) is 0. The molecule has 2 aromatic carbocycles. The molecular weight excluding hydrogens is 334 g/mol. The van der Waals surface area contributed by atoms with E-state index < -0.39 is 0 Å². The molecule has 2 N–H and O–H groups in total. The van der Waals surface area contributed by atoms with Crippen molar-refractivity contribution >= 4 is 10.8 Å². The third kappa shape index (κ3) is 3.68. The molecule has 3 aromatic rings. The molecule has 4 nitrogen and oxygen atoms in total. The van der Waals surface area contributed by atoms with E-state index in [4.69, 9.17) is 0 Å². The van der Waals surface area contributed by atoms with Gasteiger partial charge in [-0.3, -0.25) is 9.69 Å². The van der Waals surface area contributed by atoms with Gasteiger partial charge in [-0.1, -0.05) is 43.3 Å². The second-order valence-electron chi connectivity index (χ2n) is 7.45. The van der Waals surface area contributed by atoms with Crippen molar-refractivity contribution in [1.29, 1.82) is 0 Å². The summed E-state index contributed by atoms with van der Waals surface area (Å²) in [6.45, 7) is 8.51. The molecule has 1 atom stereocenters. The zero-order valence-electron chi connectivity index (χ0n) is 16.1. The Morgan fingerprint density at radius 3 is 2.63 bits per heavy atom. The first-order chi connectivity index (χ1) is 13.2. The number of likely N-dealkylation sites (N-methyl/N-ethyl adjacent to an activating group) is 1. The number of pyridine rings is 1. The van der Waals surface area contributed by atoms with Gasteiger partial charge < -0.3 is 10.3 Å². The Hall–Kier alpha value is -2.43. The predicted octanol–water partition coefficient (Wildman–Crippen LogP) is 3.69. The van der Waals surface area contributed by atoms with Crippen LogP contribution >= 0.6 is 0 Å². The zero-order valence-corrected chi connectivity index (χ0v) is 16.1. The smallest absolute Gasteiger partial charge is 0.256 e. The van der Waals surface area contributed by atoms with Crippen molar-refractivity contribution in [3.05, 3.63) is 70.0 Å². The molecule has 0 amide bonds. The molecule has 2 heterocycles. The van der Waals surface area contributed by atoms with Gasteiger partial charge in [0.2, 0.25) is 0 Å². The molecule has 0 aliphatic carbocycles. The van der Waals surface area contributed by atoms with Crippen LogP contribution in [0.15, 0.2) is 53.3 Å². The Bertz CT molecular complexity index is 985. The first kappa shape index (κ1) is 18.0. The summed E-state index contributed by atoms with van der Waals surface area (Å²) in [6, 6.07) is 17.2. The topological polar surface area (TPSA) is 48.1 Å². The van der Waals surface area contributed by atoms with Crippen LogP contribution in [0, 0.1) is 6.92 Å². The largest absolute Gasteiger partial charge is 0.321 e. The fourth-order valence-electron chi connectivity index (χ4n) is 4.07. The van der Waals surface area contributed by atoms with Crippen molar-refractivity contribution < 1.29 is 0 Å². The highest BCUT2D eigenvalue weighted by Gasteiger charge is 2.20. The summed E-state index contributed by atoms with van der Waals surface area (Å²) in [5, 5.41) is 5.22. The van der Waals surface area contributed by atoms with Gasteiger partial charge in [-0.25, -0.2) is 0 Å². The van der Waals surface area contributed by atoms with E-state index in [1.54, 1.807) is 0 Å². The van der Waals surface area contributed by atoms with E-state index in [0.717, 1.165) is 53.8 Å². The fraction of sp³-hybridized carbons (Fsp3) is 0.348. The van der Waals surface area contributed by atoms with Crippen molar-refractivity contribution in [3.8, 4) is 11.3 Å². The van der Waals surface area contributed by atoms with Crippen LogP contribution in [0.2, 0.25) is 0 Å². The van der Waals surface area contributed by atoms with Gasteiger partial charge in [0.15, 0.2) is 0 Å². The van der Waals surface area contributed by atoms with E-state index in [9.17, 15) is 4.79 Å². The molecule has 1 aliphatic rings. The lowest BCUT2D eigenvalue weighted by Gasteiger charge is -2.27. The minimum Gasteiger partial charge on any atom is -0.321 e. The van der Waals surface area contributed by atoms with Gasteiger partial charge in [0.1, 0.15) is 0 Å². The predicted molar refractivity (Wildman–Crippen MR) is 112 cm³/mol. The fourth-order valence-corrected chi connectivity index (χ4v) is 4.07. The summed E-state index contributed by atoms with van der Waals surface area (Å²) in [4.78, 5) is 18.0. The molecule has 140 valence electrons. The van der Waals surface area contributed by atoms with Gasteiger partial charge in [-0.05, 0) is 60.6 Å². The van der Waals surface area contributed by atoms with Crippen LogP contribution in [0.25, 0.3) is 22.0 Å². The van der Waals surface area contributed by atoms with Gasteiger partial charge in [-0.2, -0.15) is 0 Å². The lowest BCUT2D eigenvalue weighted by atomic mass is 10.0. The third-order valence-electron chi connectivity index (χ3n) is 5.71. The van der Waals surface area contributed by atoms with Gasteiger partial charge in [0, 0.05) is 30.2 Å². The van der Waals surface area contributed by atoms with E-state index in [2.05, 4.69) is 52.5 Å². The minimum atomic E-state index is -0.0267. The monoisotopic (exact) mass is 361 g/mol. The summed E-state index contributed by atoms with van der Waals surface area (Å²) in [6.07, 6.45) is 1.23. The van der Waals surface area contributed by atoms with E-state index in [1.807, 2.05) is 25.1 Å². The van der Waals surface area contributed by atoms with Gasteiger partial charge in [-0.15, -0.1) is 0 Å². The molecule has 1 unspecified atom stereocenters. The Morgan fingerprint density at radius 2 is 1.93 bits per heavy atom. The van der Waals surface area contributed by atoms with Crippen LogP contribution in [0.5, 0.6) is 0 Å². The second kappa shape index (κ2) is 7.67. The van der Waals surface area contributed by atoms with Crippen molar-refractivity contribution in [3.63, 3.8) is 0 Å². The third-order valence-corrected chi connectivity index (χ3v) is 5.71. The van der Waals surface area contributed by atoms with Gasteiger partial charge in [0.05, 0.1) is 0 Å². The average Bonchev–Trinajstić information content (AvgIpc) is 3.22. The number of benzene rings is 2. The highest BCUT2D eigenvalue weighted by molar-refractivity contribution is 5.87. The lowest BCUT2D eigenvalue weighted by molar-refractivity contribution is 0.210. The standard InChI is InChI=1S/C23H27N3O/c1-3-26(19-11-12-24-14-19)15-17-7-9-18(10-8-17)22-13-21-16(2)5-4-6-20(21)23(27)25-22/h4-10,13,19,24H,3,11-12,14-15H2,1-2H3,(H,25,27). The summed E-state index contributed by atoms with van der Waals surface area (Å²) in [7, 11) is 0. The van der Waals surface area contributed by atoms with Crippen molar-refractivity contribution in [2.45, 2.75) is 32.9 Å². The molecule has 1 aromatic heterocycles. The number of H-pyrrole nitrogens is 1. The molecule has 1 fully saturated rings. The molecule has 0 radical (unpaired) electrons. The first-order valence-electron chi connectivity index (χ1n) is 9.82. The Kier molecular flexibility index (Phi) is 5.10. The minimum absolute atomic E-state index is 0.0267. The lowest BCUT2D eigenvalue weighted by Crippen LogP contribution is -2.36. The molecule has 27 heavy (non-hydrogen) atoms.